The number of rotatable bonds is 5. The number of aromatic nitrogens is 4. The number of aryl methyl sites for hydroxylation is 1. The van der Waals surface area contributed by atoms with Gasteiger partial charge in [0.2, 0.25) is 0 Å². The predicted octanol–water partition coefficient (Wildman–Crippen LogP) is 6.14. The molecule has 2 heterocycles. The van der Waals surface area contributed by atoms with E-state index in [9.17, 15) is 19.4 Å². The smallest absolute Gasteiger partial charge is 0.175 e. The van der Waals surface area contributed by atoms with Crippen LogP contribution in [0.5, 0.6) is 0 Å². The molecule has 234 valence electrons. The molecule has 4 aromatic rings. The van der Waals surface area contributed by atoms with Crippen molar-refractivity contribution in [3.05, 3.63) is 77.4 Å². The number of allylic oxidation sites excluding steroid dienone is 1. The molecule has 45 heavy (non-hydrogen) atoms. The Kier molecular flexibility index (Phi) is 6.55. The van der Waals surface area contributed by atoms with Crippen molar-refractivity contribution in [2.24, 2.45) is 35.6 Å². The van der Waals surface area contributed by atoms with Gasteiger partial charge < -0.3 is 14.8 Å². The van der Waals surface area contributed by atoms with Crippen molar-refractivity contribution < 1.29 is 19.4 Å². The third-order valence-electron chi connectivity index (χ3n) is 12.2. The molecule has 0 bridgehead atoms. The van der Waals surface area contributed by atoms with E-state index in [2.05, 4.69) is 25.0 Å². The highest BCUT2D eigenvalue weighted by atomic mass is 32.2. The zero-order valence-corrected chi connectivity index (χ0v) is 26.7. The first-order chi connectivity index (χ1) is 21.5. The number of hydrogen-bond donors (Lipinski definition) is 2. The van der Waals surface area contributed by atoms with Gasteiger partial charge in [0.25, 0.3) is 0 Å². The highest BCUT2D eigenvalue weighted by Crippen LogP contribution is 2.67. The molecule has 7 nitrogen and oxygen atoms in total. The van der Waals surface area contributed by atoms with Gasteiger partial charge in [0.15, 0.2) is 10.9 Å². The number of nitrogens with zero attached hydrogens (tertiary/aromatic N) is 4. The minimum absolute atomic E-state index is 0.0321. The Morgan fingerprint density at radius 1 is 1.13 bits per heavy atom. The first kappa shape index (κ1) is 29.2. The maximum Gasteiger partial charge on any atom is 0.175 e. The van der Waals surface area contributed by atoms with Crippen LogP contribution in [0.15, 0.2) is 65.5 Å². The molecule has 0 radical (unpaired) electrons. The lowest BCUT2D eigenvalue weighted by Crippen LogP contribution is -2.62. The molecule has 2 aromatic heterocycles. The van der Waals surface area contributed by atoms with Gasteiger partial charge >= 0.3 is 0 Å². The van der Waals surface area contributed by atoms with Crippen LogP contribution in [0.25, 0.3) is 22.8 Å². The van der Waals surface area contributed by atoms with Gasteiger partial charge in [-0.1, -0.05) is 43.3 Å². The number of aliphatic hydroxyl groups is 2. The number of halogens is 1. The fraction of sp³-hybridized carbons (Fsp3) is 0.472. The number of ketones is 1. The van der Waals surface area contributed by atoms with Gasteiger partial charge in [0, 0.05) is 12.5 Å². The molecule has 0 aliphatic heterocycles. The van der Waals surface area contributed by atoms with Crippen molar-refractivity contribution in [2.75, 3.05) is 5.75 Å². The van der Waals surface area contributed by atoms with Crippen molar-refractivity contribution in [3.8, 4) is 5.69 Å². The molecule has 9 heteroatoms. The third kappa shape index (κ3) is 4.12. The quantitative estimate of drug-likeness (QED) is 0.259. The van der Waals surface area contributed by atoms with Crippen molar-refractivity contribution >= 4 is 34.7 Å². The number of thioether (sulfide) groups is 1. The summed E-state index contributed by atoms with van der Waals surface area (Å²) in [5.74, 6) is 0.110. The van der Waals surface area contributed by atoms with E-state index in [1.54, 1.807) is 12.1 Å². The number of imidazole rings is 1. The molecule has 8 rings (SSSR count). The monoisotopic (exact) mass is 626 g/mol. The fourth-order valence-corrected chi connectivity index (χ4v) is 10.9. The van der Waals surface area contributed by atoms with E-state index in [4.69, 9.17) is 4.98 Å². The normalized spacial score (nSPS) is 33.7. The van der Waals surface area contributed by atoms with Crippen molar-refractivity contribution in [1.82, 2.24) is 19.3 Å². The van der Waals surface area contributed by atoms with Crippen LogP contribution >= 0.6 is 11.8 Å². The summed E-state index contributed by atoms with van der Waals surface area (Å²) in [6.07, 6.45) is 7.74. The van der Waals surface area contributed by atoms with Crippen LogP contribution < -0.4 is 0 Å². The van der Waals surface area contributed by atoms with E-state index in [0.717, 1.165) is 58.8 Å². The zero-order valence-electron chi connectivity index (χ0n) is 25.9. The molecule has 3 fully saturated rings. The van der Waals surface area contributed by atoms with Crippen LogP contribution in [0, 0.1) is 34.4 Å². The number of fused-ring (bicyclic) bond motifs is 7. The Balaban J connectivity index is 1.05. The number of Topliss-reactive ketones (excluding diaryl/α,β-unsaturated/α-hetero) is 1. The summed E-state index contributed by atoms with van der Waals surface area (Å²) in [6, 6.07) is 14.3. The molecule has 2 aromatic carbocycles. The Bertz CT molecular complexity index is 1870. The Morgan fingerprint density at radius 3 is 2.69 bits per heavy atom. The lowest BCUT2D eigenvalue weighted by Gasteiger charge is -2.60. The number of carbonyl (C=O) groups is 1. The highest BCUT2D eigenvalue weighted by Gasteiger charge is 2.68. The molecule has 0 spiro atoms. The summed E-state index contributed by atoms with van der Waals surface area (Å²) in [6.45, 7) is 4.35. The Hall–Kier alpha value is -3.27. The summed E-state index contributed by atoms with van der Waals surface area (Å²) in [5.41, 5.74) is 3.79. The average molecular weight is 627 g/mol. The Morgan fingerprint density at radius 2 is 1.91 bits per heavy atom. The number of hydrogen-bond acceptors (Lipinski definition) is 6. The minimum Gasteiger partial charge on any atom is -0.393 e. The van der Waals surface area contributed by atoms with Gasteiger partial charge in [-0.2, -0.15) is 5.10 Å². The van der Waals surface area contributed by atoms with E-state index in [0.29, 0.717) is 12.8 Å². The van der Waals surface area contributed by atoms with E-state index in [-0.39, 0.29) is 40.5 Å². The fourth-order valence-electron chi connectivity index (χ4n) is 9.94. The van der Waals surface area contributed by atoms with Crippen molar-refractivity contribution in [3.63, 3.8) is 0 Å². The maximum atomic E-state index is 13.9. The third-order valence-corrected chi connectivity index (χ3v) is 13.2. The van der Waals surface area contributed by atoms with Crippen molar-refractivity contribution in [2.45, 2.75) is 69.2 Å². The first-order valence-corrected chi connectivity index (χ1v) is 17.0. The van der Waals surface area contributed by atoms with E-state index < -0.39 is 17.1 Å². The molecule has 0 saturated heterocycles. The second kappa shape index (κ2) is 10.1. The van der Waals surface area contributed by atoms with Crippen LogP contribution in [0.1, 0.15) is 57.2 Å². The molecule has 4 aliphatic carbocycles. The molecule has 5 unspecified atom stereocenters. The second-order valence-corrected chi connectivity index (χ2v) is 15.2. The van der Waals surface area contributed by atoms with Gasteiger partial charge in [0.1, 0.15) is 11.4 Å². The Labute approximate surface area is 266 Å². The van der Waals surface area contributed by atoms with Gasteiger partial charge in [-0.15, -0.1) is 0 Å². The molecular formula is C36H39FN4O3S. The number of benzene rings is 2. The number of aliphatic hydroxyl groups excluding tert-OH is 1. The molecule has 7 atom stereocenters. The maximum absolute atomic E-state index is 13.9. The summed E-state index contributed by atoms with van der Waals surface area (Å²) < 4.78 is 17.5. The molecular weight excluding hydrogens is 587 g/mol. The van der Waals surface area contributed by atoms with Crippen LogP contribution in [-0.2, 0) is 18.3 Å². The summed E-state index contributed by atoms with van der Waals surface area (Å²) in [5, 5.41) is 29.6. The van der Waals surface area contributed by atoms with Crippen LogP contribution in [0.2, 0.25) is 0 Å². The average Bonchev–Trinajstić information content (AvgIpc) is 3.66. The largest absolute Gasteiger partial charge is 0.393 e. The SMILES string of the molecule is Cn1c(SCC(=O)[C@@]2(O)CCC3C4CCC5=Cc6c(cnn6-c6ccc(F)cc6)CC5(C)C4[C@@H](O)CC32C)nc2ccccc21. The van der Waals surface area contributed by atoms with Crippen LogP contribution in [0.4, 0.5) is 4.39 Å². The van der Waals surface area contributed by atoms with Gasteiger partial charge in [-0.25, -0.2) is 14.1 Å². The van der Waals surface area contributed by atoms with E-state index >= 15 is 0 Å². The highest BCUT2D eigenvalue weighted by molar-refractivity contribution is 7.99. The summed E-state index contributed by atoms with van der Waals surface area (Å²) >= 11 is 1.38. The number of carbonyl (C=O) groups excluding carboxylic acids is 1. The molecule has 3 saturated carbocycles. The predicted molar refractivity (Wildman–Crippen MR) is 172 cm³/mol. The lowest BCUT2D eigenvalue weighted by atomic mass is 9.45. The van der Waals surface area contributed by atoms with Crippen LogP contribution in [0.3, 0.4) is 0 Å². The first-order valence-electron chi connectivity index (χ1n) is 16.1. The molecule has 0 amide bonds. The van der Waals surface area contributed by atoms with Gasteiger partial charge in [-0.3, -0.25) is 4.79 Å². The van der Waals surface area contributed by atoms with Crippen LogP contribution in [-0.4, -0.2) is 52.8 Å². The van der Waals surface area contributed by atoms with E-state index in [1.165, 1.54) is 29.5 Å². The van der Waals surface area contributed by atoms with Gasteiger partial charge in [0.05, 0.1) is 40.5 Å². The minimum atomic E-state index is -1.48. The molecule has 2 N–H and O–H groups in total. The summed E-state index contributed by atoms with van der Waals surface area (Å²) in [7, 11) is 1.95. The van der Waals surface area contributed by atoms with Crippen molar-refractivity contribution in [1.29, 1.82) is 0 Å². The second-order valence-electron chi connectivity index (χ2n) is 14.3. The standard InChI is InChI=1S/C36H39FN4O3S/c1-34-17-21-19-38-41(24-11-9-23(37)10-12-24)29(21)16-22(34)8-13-25-26-14-15-36(44,35(26,2)18-30(42)32(25)34)31(43)20-45-33-39-27-6-4-5-7-28(27)40(33)3/h4-7,9-12,16,19,25-26,30,32,42,44H,8,13-15,17-18,20H2,1-3H3/t25?,26?,30-,32?,34?,35?,36-/m0/s1. The molecule has 4 aliphatic rings. The van der Waals surface area contributed by atoms with E-state index in [1.807, 2.05) is 46.8 Å². The van der Waals surface area contributed by atoms with Gasteiger partial charge in [-0.05, 0) is 110 Å². The summed E-state index contributed by atoms with van der Waals surface area (Å²) in [4.78, 5) is 18.6. The topological polar surface area (TPSA) is 93.2 Å². The zero-order chi connectivity index (χ0) is 31.3. The lowest BCUT2D eigenvalue weighted by molar-refractivity contribution is -0.177. The number of para-hydroxylation sites is 2.